The van der Waals surface area contributed by atoms with Gasteiger partial charge in [-0.1, -0.05) is 60.7 Å². The Morgan fingerprint density at radius 1 is 0.667 bits per heavy atom. The lowest BCUT2D eigenvalue weighted by Gasteiger charge is -2.22. The highest BCUT2D eigenvalue weighted by molar-refractivity contribution is 5.70. The summed E-state index contributed by atoms with van der Waals surface area (Å²) < 4.78 is 10.8. The molecule has 0 atom stereocenters. The Bertz CT molecular complexity index is 735. The summed E-state index contributed by atoms with van der Waals surface area (Å²) in [7, 11) is 4.08. The van der Waals surface area contributed by atoms with Crippen molar-refractivity contribution in [1.29, 1.82) is 0 Å². The highest BCUT2D eigenvalue weighted by Crippen LogP contribution is 2.04. The first-order valence-electron chi connectivity index (χ1n) is 11.8. The van der Waals surface area contributed by atoms with Gasteiger partial charge in [0.2, 0.25) is 0 Å². The Morgan fingerprint density at radius 3 is 1.55 bits per heavy atom. The molecule has 6 nitrogen and oxygen atoms in total. The molecule has 0 unspecified atom stereocenters. The van der Waals surface area contributed by atoms with E-state index in [2.05, 4.69) is 9.80 Å². The molecule has 180 valence electrons. The van der Waals surface area contributed by atoms with E-state index in [1.165, 1.54) is 0 Å². The van der Waals surface area contributed by atoms with Crippen LogP contribution in [0.1, 0.15) is 30.4 Å². The van der Waals surface area contributed by atoms with Gasteiger partial charge < -0.3 is 19.3 Å². The second-order valence-electron chi connectivity index (χ2n) is 8.41. The summed E-state index contributed by atoms with van der Waals surface area (Å²) in [6, 6.07) is 20.0. The van der Waals surface area contributed by atoms with Crippen molar-refractivity contribution in [1.82, 2.24) is 9.80 Å². The fraction of sp³-hybridized carbons (Fsp3) is 0.481. The number of ether oxygens (including phenoxy) is 2. The van der Waals surface area contributed by atoms with Gasteiger partial charge in [-0.05, 0) is 44.7 Å². The Kier molecular flexibility index (Phi) is 12.9. The standard InChI is InChI=1S/C27H38N2O4/c1-28(2)18-9-19-29(20-14-26(30)32-22-16-24-10-5-3-6-11-24)21-15-27(31)33-23-17-25-12-7-4-8-13-25/h3-8,10-13H,9,14-23H2,1-2H3. The quantitative estimate of drug-likeness (QED) is 0.361. The Morgan fingerprint density at radius 2 is 1.12 bits per heavy atom. The third kappa shape index (κ3) is 12.8. The van der Waals surface area contributed by atoms with Gasteiger partial charge in [-0.3, -0.25) is 9.59 Å². The van der Waals surface area contributed by atoms with Crippen LogP contribution in [0.3, 0.4) is 0 Å². The highest BCUT2D eigenvalue weighted by atomic mass is 16.5. The molecule has 0 aliphatic heterocycles. The first-order chi connectivity index (χ1) is 16.0. The SMILES string of the molecule is CN(C)CCCN(CCC(=O)OCCc1ccccc1)CCC(=O)OCCc1ccccc1. The summed E-state index contributed by atoms with van der Waals surface area (Å²) >= 11 is 0. The number of hydrogen-bond donors (Lipinski definition) is 0. The molecule has 0 saturated heterocycles. The van der Waals surface area contributed by atoms with Crippen LogP contribution in [-0.4, -0.2) is 75.2 Å². The second kappa shape index (κ2) is 16.0. The average Bonchev–Trinajstić information content (AvgIpc) is 2.81. The zero-order valence-electron chi connectivity index (χ0n) is 20.1. The molecular formula is C27H38N2O4. The van der Waals surface area contributed by atoms with Crippen molar-refractivity contribution in [2.75, 3.05) is 53.5 Å². The van der Waals surface area contributed by atoms with E-state index in [1.54, 1.807) is 0 Å². The molecule has 0 aromatic heterocycles. The third-order valence-corrected chi connectivity index (χ3v) is 5.34. The lowest BCUT2D eigenvalue weighted by atomic mass is 10.2. The summed E-state index contributed by atoms with van der Waals surface area (Å²) in [6.07, 6.45) is 3.04. The summed E-state index contributed by atoms with van der Waals surface area (Å²) in [5, 5.41) is 0. The topological polar surface area (TPSA) is 59.1 Å². The Labute approximate surface area is 198 Å². The molecule has 0 spiro atoms. The van der Waals surface area contributed by atoms with Crippen molar-refractivity contribution in [3.8, 4) is 0 Å². The van der Waals surface area contributed by atoms with Crippen molar-refractivity contribution in [3.05, 3.63) is 71.8 Å². The maximum atomic E-state index is 12.2. The summed E-state index contributed by atoms with van der Waals surface area (Å²) in [6.45, 7) is 3.71. The minimum absolute atomic E-state index is 0.200. The molecule has 0 heterocycles. The van der Waals surface area contributed by atoms with E-state index < -0.39 is 0 Å². The number of rotatable bonds is 16. The number of hydrogen-bond acceptors (Lipinski definition) is 6. The summed E-state index contributed by atoms with van der Waals surface area (Å²) in [5.41, 5.74) is 2.31. The highest BCUT2D eigenvalue weighted by Gasteiger charge is 2.12. The minimum Gasteiger partial charge on any atom is -0.465 e. The lowest BCUT2D eigenvalue weighted by molar-refractivity contribution is -0.144. The predicted octanol–water partition coefficient (Wildman–Crippen LogP) is 3.59. The number of carbonyl (C=O) groups is 2. The number of nitrogens with zero attached hydrogens (tertiary/aromatic N) is 2. The third-order valence-electron chi connectivity index (χ3n) is 5.34. The monoisotopic (exact) mass is 454 g/mol. The number of esters is 2. The number of carbonyl (C=O) groups excluding carboxylic acids is 2. The zero-order valence-corrected chi connectivity index (χ0v) is 20.1. The predicted molar refractivity (Wildman–Crippen MR) is 131 cm³/mol. The largest absolute Gasteiger partial charge is 0.465 e. The van der Waals surface area contributed by atoms with Gasteiger partial charge in [0.1, 0.15) is 0 Å². The van der Waals surface area contributed by atoms with E-state index >= 15 is 0 Å². The molecule has 0 radical (unpaired) electrons. The molecule has 0 amide bonds. The van der Waals surface area contributed by atoms with Crippen molar-refractivity contribution in [2.45, 2.75) is 32.1 Å². The molecule has 0 saturated carbocycles. The molecular weight excluding hydrogens is 416 g/mol. The Hall–Kier alpha value is -2.70. The van der Waals surface area contributed by atoms with Gasteiger partial charge in [0, 0.05) is 25.9 Å². The average molecular weight is 455 g/mol. The smallest absolute Gasteiger partial charge is 0.307 e. The van der Waals surface area contributed by atoms with Crippen LogP contribution in [0, 0.1) is 0 Å². The zero-order chi connectivity index (χ0) is 23.7. The first kappa shape index (κ1) is 26.6. The Balaban J connectivity index is 1.67. The van der Waals surface area contributed by atoms with Gasteiger partial charge in [0.05, 0.1) is 26.1 Å². The van der Waals surface area contributed by atoms with Crippen molar-refractivity contribution in [2.24, 2.45) is 0 Å². The van der Waals surface area contributed by atoms with Crippen molar-refractivity contribution >= 4 is 11.9 Å². The van der Waals surface area contributed by atoms with Crippen LogP contribution in [0.15, 0.2) is 60.7 Å². The van der Waals surface area contributed by atoms with Gasteiger partial charge in [0.25, 0.3) is 0 Å². The van der Waals surface area contributed by atoms with Crippen molar-refractivity contribution in [3.63, 3.8) is 0 Å². The minimum atomic E-state index is -0.200. The van der Waals surface area contributed by atoms with E-state index in [9.17, 15) is 9.59 Å². The van der Waals surface area contributed by atoms with Gasteiger partial charge in [-0.15, -0.1) is 0 Å². The molecule has 2 rings (SSSR count). The summed E-state index contributed by atoms with van der Waals surface area (Å²) in [5.74, 6) is -0.400. The summed E-state index contributed by atoms with van der Waals surface area (Å²) in [4.78, 5) is 28.7. The van der Waals surface area contributed by atoms with Crippen LogP contribution in [0.25, 0.3) is 0 Å². The van der Waals surface area contributed by atoms with Crippen LogP contribution in [0.4, 0.5) is 0 Å². The van der Waals surface area contributed by atoms with Crippen molar-refractivity contribution < 1.29 is 19.1 Å². The fourth-order valence-electron chi connectivity index (χ4n) is 3.44. The molecule has 0 fully saturated rings. The maximum absolute atomic E-state index is 12.2. The molecule has 0 aliphatic carbocycles. The molecule has 0 aliphatic rings. The molecule has 0 bridgehead atoms. The molecule has 0 N–H and O–H groups in total. The van der Waals surface area contributed by atoms with Gasteiger partial charge in [0.15, 0.2) is 0 Å². The second-order valence-corrected chi connectivity index (χ2v) is 8.41. The molecule has 2 aromatic rings. The fourth-order valence-corrected chi connectivity index (χ4v) is 3.44. The maximum Gasteiger partial charge on any atom is 0.307 e. The molecule has 2 aromatic carbocycles. The molecule has 33 heavy (non-hydrogen) atoms. The van der Waals surface area contributed by atoms with Crippen LogP contribution in [0.2, 0.25) is 0 Å². The normalized spacial score (nSPS) is 11.0. The number of benzene rings is 2. The van der Waals surface area contributed by atoms with Gasteiger partial charge in [-0.25, -0.2) is 0 Å². The van der Waals surface area contributed by atoms with Crippen LogP contribution < -0.4 is 0 Å². The lowest BCUT2D eigenvalue weighted by Crippen LogP contribution is -2.32. The van der Waals surface area contributed by atoms with E-state index in [1.807, 2.05) is 74.8 Å². The van der Waals surface area contributed by atoms with E-state index in [0.717, 1.165) is 30.6 Å². The van der Waals surface area contributed by atoms with Crippen LogP contribution in [0.5, 0.6) is 0 Å². The van der Waals surface area contributed by atoms with Gasteiger partial charge >= 0.3 is 11.9 Å². The van der Waals surface area contributed by atoms with Gasteiger partial charge in [-0.2, -0.15) is 0 Å². The molecule has 6 heteroatoms. The van der Waals surface area contributed by atoms with Crippen LogP contribution >= 0.6 is 0 Å². The van der Waals surface area contributed by atoms with Crippen LogP contribution in [-0.2, 0) is 31.9 Å². The van der Waals surface area contributed by atoms with E-state index in [0.29, 0.717) is 52.0 Å². The van der Waals surface area contributed by atoms with E-state index in [-0.39, 0.29) is 11.9 Å². The van der Waals surface area contributed by atoms with E-state index in [4.69, 9.17) is 9.47 Å². The first-order valence-corrected chi connectivity index (χ1v) is 11.8.